The van der Waals surface area contributed by atoms with Crippen LogP contribution >= 0.6 is 15.9 Å². The van der Waals surface area contributed by atoms with Gasteiger partial charge in [-0.2, -0.15) is 13.9 Å². The SMILES string of the molecule is O=C(C(=NCO)Nc1ccc(F)c(Br)c1)C1CCN(C(=O)Nc2ccc(-c3cnn(C(F)F)c3)nc2)CC1. The Morgan fingerprint density at radius 1 is 1.13 bits per heavy atom. The largest absolute Gasteiger partial charge is 0.374 e. The van der Waals surface area contributed by atoms with Crippen molar-refractivity contribution in [1.29, 1.82) is 0 Å². The van der Waals surface area contributed by atoms with Crippen molar-refractivity contribution in [3.63, 3.8) is 0 Å². The van der Waals surface area contributed by atoms with Crippen molar-refractivity contribution in [2.24, 2.45) is 10.9 Å². The van der Waals surface area contributed by atoms with E-state index in [4.69, 9.17) is 0 Å². The first-order chi connectivity index (χ1) is 18.2. The summed E-state index contributed by atoms with van der Waals surface area (Å²) < 4.78 is 39.7. The van der Waals surface area contributed by atoms with Gasteiger partial charge in [0.15, 0.2) is 5.84 Å². The van der Waals surface area contributed by atoms with Crippen LogP contribution in [0.15, 0.2) is 58.4 Å². The third kappa shape index (κ3) is 6.55. The number of piperidine rings is 1. The molecule has 1 aliphatic heterocycles. The number of nitrogens with zero attached hydrogens (tertiary/aromatic N) is 5. The minimum absolute atomic E-state index is 0.0424. The molecule has 0 saturated carbocycles. The van der Waals surface area contributed by atoms with Crippen LogP contribution in [0.1, 0.15) is 19.4 Å². The van der Waals surface area contributed by atoms with E-state index in [1.165, 1.54) is 36.8 Å². The molecule has 38 heavy (non-hydrogen) atoms. The first kappa shape index (κ1) is 27.3. The van der Waals surface area contributed by atoms with E-state index in [0.29, 0.717) is 53.2 Å². The molecule has 1 fully saturated rings. The van der Waals surface area contributed by atoms with Crippen molar-refractivity contribution in [1.82, 2.24) is 19.7 Å². The number of alkyl halides is 2. The summed E-state index contributed by atoms with van der Waals surface area (Å²) in [6, 6.07) is 6.96. The van der Waals surface area contributed by atoms with Gasteiger partial charge in [-0.1, -0.05) is 0 Å². The number of halogens is 4. The van der Waals surface area contributed by atoms with Gasteiger partial charge in [-0.25, -0.2) is 18.9 Å². The van der Waals surface area contributed by atoms with Gasteiger partial charge in [-0.05, 0) is 59.1 Å². The van der Waals surface area contributed by atoms with E-state index in [1.807, 2.05) is 0 Å². The zero-order valence-corrected chi connectivity index (χ0v) is 21.4. The summed E-state index contributed by atoms with van der Waals surface area (Å²) in [5.41, 5.74) is 1.69. The molecule has 0 atom stereocenters. The number of urea groups is 1. The predicted octanol–water partition coefficient (Wildman–Crippen LogP) is 4.52. The minimum Gasteiger partial charge on any atom is -0.374 e. The summed E-state index contributed by atoms with van der Waals surface area (Å²) in [7, 11) is 0. The van der Waals surface area contributed by atoms with E-state index in [0.717, 1.165) is 0 Å². The molecule has 3 heterocycles. The molecule has 3 N–H and O–H groups in total. The monoisotopic (exact) mass is 593 g/mol. The molecule has 2 aromatic heterocycles. The molecule has 200 valence electrons. The number of aromatic nitrogens is 3. The van der Waals surface area contributed by atoms with E-state index >= 15 is 0 Å². The van der Waals surface area contributed by atoms with Crippen molar-refractivity contribution in [2.75, 3.05) is 30.5 Å². The molecule has 4 rings (SSSR count). The van der Waals surface area contributed by atoms with Crippen molar-refractivity contribution < 1.29 is 27.9 Å². The molecule has 0 unspecified atom stereocenters. The van der Waals surface area contributed by atoms with Crippen LogP contribution in [0, 0.1) is 11.7 Å². The first-order valence-electron chi connectivity index (χ1n) is 11.5. The highest BCUT2D eigenvalue weighted by molar-refractivity contribution is 9.10. The number of carbonyl (C=O) groups is 2. The Morgan fingerprint density at radius 2 is 1.87 bits per heavy atom. The third-order valence-electron chi connectivity index (χ3n) is 5.91. The number of pyridine rings is 1. The number of carbonyl (C=O) groups excluding carboxylic acids is 2. The number of aliphatic hydroxyl groups is 1. The van der Waals surface area contributed by atoms with Gasteiger partial charge in [0, 0.05) is 36.5 Å². The van der Waals surface area contributed by atoms with Crippen LogP contribution in [0.4, 0.5) is 29.3 Å². The quantitative estimate of drug-likeness (QED) is 0.273. The Balaban J connectivity index is 1.31. The molecular weight excluding hydrogens is 571 g/mol. The number of amides is 2. The van der Waals surface area contributed by atoms with Gasteiger partial charge in [0.1, 0.15) is 12.5 Å². The van der Waals surface area contributed by atoms with Gasteiger partial charge in [-0.3, -0.25) is 9.78 Å². The molecule has 14 heteroatoms. The van der Waals surface area contributed by atoms with E-state index < -0.39 is 25.0 Å². The zero-order valence-electron chi connectivity index (χ0n) is 19.8. The Morgan fingerprint density at radius 3 is 2.47 bits per heavy atom. The molecular formula is C24H23BrF3N7O3. The summed E-state index contributed by atoms with van der Waals surface area (Å²) in [5.74, 6) is -1.23. The van der Waals surface area contributed by atoms with Gasteiger partial charge in [-0.15, -0.1) is 0 Å². The molecule has 0 radical (unpaired) electrons. The summed E-state index contributed by atoms with van der Waals surface area (Å²) in [5, 5.41) is 18.4. The summed E-state index contributed by atoms with van der Waals surface area (Å²) in [6.45, 7) is -2.72. The Labute approximate surface area is 223 Å². The smallest absolute Gasteiger partial charge is 0.333 e. The Kier molecular flexibility index (Phi) is 8.73. The van der Waals surface area contributed by atoms with Crippen LogP contribution in [-0.4, -0.2) is 62.2 Å². The lowest BCUT2D eigenvalue weighted by Crippen LogP contribution is -2.44. The van der Waals surface area contributed by atoms with Crippen LogP contribution in [0.3, 0.4) is 0 Å². The molecule has 1 aliphatic rings. The van der Waals surface area contributed by atoms with Crippen molar-refractivity contribution in [3.8, 4) is 11.3 Å². The molecule has 10 nitrogen and oxygen atoms in total. The maximum Gasteiger partial charge on any atom is 0.333 e. The predicted molar refractivity (Wildman–Crippen MR) is 137 cm³/mol. The second-order valence-corrected chi connectivity index (χ2v) is 9.23. The molecule has 1 saturated heterocycles. The number of anilines is 2. The maximum atomic E-state index is 13.5. The maximum absolute atomic E-state index is 13.5. The molecule has 3 aromatic rings. The topological polar surface area (TPSA) is 125 Å². The fourth-order valence-corrected chi connectivity index (χ4v) is 4.30. The minimum atomic E-state index is -2.75. The number of aliphatic imine (C=N–C) groups is 1. The molecule has 0 spiro atoms. The third-order valence-corrected chi connectivity index (χ3v) is 6.52. The normalized spacial score (nSPS) is 14.6. The highest BCUT2D eigenvalue weighted by Gasteiger charge is 2.30. The summed E-state index contributed by atoms with van der Waals surface area (Å²) >= 11 is 3.09. The van der Waals surface area contributed by atoms with Crippen molar-refractivity contribution >= 4 is 45.0 Å². The van der Waals surface area contributed by atoms with Crippen LogP contribution in [0.5, 0.6) is 0 Å². The molecule has 0 aliphatic carbocycles. The number of hydrogen-bond acceptors (Lipinski definition) is 6. The molecule has 0 bridgehead atoms. The lowest BCUT2D eigenvalue weighted by molar-refractivity contribution is -0.117. The fraction of sp³-hybridized carbons (Fsp3) is 0.292. The number of hydrogen-bond donors (Lipinski definition) is 3. The van der Waals surface area contributed by atoms with E-state index in [9.17, 15) is 27.9 Å². The fourth-order valence-electron chi connectivity index (χ4n) is 3.92. The molecule has 2 amide bonds. The zero-order chi connectivity index (χ0) is 27.2. The number of benzene rings is 1. The Bertz CT molecular complexity index is 1330. The van der Waals surface area contributed by atoms with Crippen molar-refractivity contribution in [2.45, 2.75) is 19.4 Å². The van der Waals surface area contributed by atoms with E-state index in [1.54, 1.807) is 17.0 Å². The number of rotatable bonds is 7. The van der Waals surface area contributed by atoms with E-state index in [2.05, 4.69) is 41.6 Å². The second-order valence-electron chi connectivity index (χ2n) is 8.38. The number of ketones is 1. The highest BCUT2D eigenvalue weighted by atomic mass is 79.9. The lowest BCUT2D eigenvalue weighted by Gasteiger charge is -2.31. The standard InChI is InChI=1S/C24H23BrF3N7O3/c25-18-9-16(1-3-19(18)26)32-22(30-13-36)21(37)14-5-7-34(8-6-14)24(38)33-17-2-4-20(29-11-17)15-10-31-35(12-15)23(27)28/h1-4,9-12,14,23,36H,5-8,13H2,(H,30,32)(H,33,38). The number of amidine groups is 1. The highest BCUT2D eigenvalue weighted by Crippen LogP contribution is 2.24. The van der Waals surface area contributed by atoms with Gasteiger partial charge >= 0.3 is 12.6 Å². The lowest BCUT2D eigenvalue weighted by atomic mass is 9.92. The van der Waals surface area contributed by atoms with E-state index in [-0.39, 0.29) is 22.1 Å². The van der Waals surface area contributed by atoms with Gasteiger partial charge in [0.05, 0.1) is 28.2 Å². The first-order valence-corrected chi connectivity index (χ1v) is 12.3. The van der Waals surface area contributed by atoms with Crippen LogP contribution in [0.25, 0.3) is 11.3 Å². The van der Waals surface area contributed by atoms with Crippen molar-refractivity contribution in [3.05, 3.63) is 59.2 Å². The second kappa shape index (κ2) is 12.2. The van der Waals surface area contributed by atoms with Crippen LogP contribution in [-0.2, 0) is 4.79 Å². The number of aliphatic hydroxyl groups excluding tert-OH is 1. The van der Waals surface area contributed by atoms with Crippen LogP contribution in [0.2, 0.25) is 0 Å². The van der Waals surface area contributed by atoms with Gasteiger partial charge in [0.25, 0.3) is 0 Å². The Hall–Kier alpha value is -3.78. The van der Waals surface area contributed by atoms with Gasteiger partial charge in [0.2, 0.25) is 5.78 Å². The average molecular weight is 594 g/mol. The average Bonchev–Trinajstić information content (AvgIpc) is 3.41. The number of nitrogens with one attached hydrogen (secondary N) is 2. The molecule has 1 aromatic carbocycles. The number of likely N-dealkylation sites (tertiary alicyclic amines) is 1. The summed E-state index contributed by atoms with van der Waals surface area (Å²) in [6.07, 6.45) is 4.65. The summed E-state index contributed by atoms with van der Waals surface area (Å²) in [4.78, 5) is 35.4. The van der Waals surface area contributed by atoms with Crippen LogP contribution < -0.4 is 10.6 Å². The number of Topliss-reactive ketones (excluding diaryl/α,β-unsaturated/α-hetero) is 1. The van der Waals surface area contributed by atoms with Gasteiger partial charge < -0.3 is 20.6 Å².